The van der Waals surface area contributed by atoms with Gasteiger partial charge in [0.05, 0.1) is 18.3 Å². The Morgan fingerprint density at radius 3 is 2.58 bits per heavy atom. The van der Waals surface area contributed by atoms with Gasteiger partial charge >= 0.3 is 0 Å². The van der Waals surface area contributed by atoms with Crippen LogP contribution in [0.15, 0.2) is 36.4 Å². The number of nitrogens with one attached hydrogen (secondary N) is 1. The molecule has 3 rings (SSSR count). The third kappa shape index (κ3) is 2.86. The zero-order valence-corrected chi connectivity index (χ0v) is 13.6. The summed E-state index contributed by atoms with van der Waals surface area (Å²) in [5, 5.41) is 13.2. The summed E-state index contributed by atoms with van der Waals surface area (Å²) in [6.07, 6.45) is 0. The van der Waals surface area contributed by atoms with Gasteiger partial charge in [0, 0.05) is 17.1 Å². The molecule has 5 heteroatoms. The summed E-state index contributed by atoms with van der Waals surface area (Å²) in [7, 11) is 1.41. The lowest BCUT2D eigenvalue weighted by Gasteiger charge is -2.13. The van der Waals surface area contributed by atoms with Crippen molar-refractivity contribution in [1.82, 2.24) is 4.98 Å². The summed E-state index contributed by atoms with van der Waals surface area (Å²) in [4.78, 5) is 4.17. The normalized spacial score (nSPS) is 10.5. The predicted octanol–water partition coefficient (Wildman–Crippen LogP) is 4.61. The number of hydrogen-bond acceptors (Lipinski definition) is 4. The number of ether oxygens (including phenoxy) is 1. The molecule has 1 N–H and O–H groups in total. The van der Waals surface area contributed by atoms with E-state index in [0.29, 0.717) is 16.6 Å². The summed E-state index contributed by atoms with van der Waals surface area (Å²) in [5.41, 5.74) is 4.54. The standard InChI is InChI=1S/C19H16FN3O/c1-11-4-5-13(6-12(11)2)22-17-7-14(10-21)23-18-9-16(20)19(24-3)8-15(17)18/h4-9H,1-3H3,(H,22,23). The Hall–Kier alpha value is -3.13. The largest absolute Gasteiger partial charge is 0.494 e. The number of pyridine rings is 1. The first-order valence-electron chi connectivity index (χ1n) is 7.44. The number of nitriles is 1. The van der Waals surface area contributed by atoms with Gasteiger partial charge in [-0.3, -0.25) is 0 Å². The zero-order valence-electron chi connectivity index (χ0n) is 13.6. The fraction of sp³-hybridized carbons (Fsp3) is 0.158. The van der Waals surface area contributed by atoms with E-state index in [9.17, 15) is 9.65 Å². The van der Waals surface area contributed by atoms with Gasteiger partial charge in [0.2, 0.25) is 0 Å². The fourth-order valence-electron chi connectivity index (χ4n) is 2.52. The van der Waals surface area contributed by atoms with Gasteiger partial charge in [0.25, 0.3) is 0 Å². The van der Waals surface area contributed by atoms with Crippen LogP contribution in [-0.4, -0.2) is 12.1 Å². The number of nitrogens with zero attached hydrogens (tertiary/aromatic N) is 2. The molecule has 0 amide bonds. The van der Waals surface area contributed by atoms with Crippen LogP contribution in [0.1, 0.15) is 16.8 Å². The summed E-state index contributed by atoms with van der Waals surface area (Å²) in [5.74, 6) is -0.373. The molecule has 0 saturated heterocycles. The van der Waals surface area contributed by atoms with E-state index in [1.54, 1.807) is 12.1 Å². The first kappa shape index (κ1) is 15.8. The van der Waals surface area contributed by atoms with Gasteiger partial charge in [-0.25, -0.2) is 9.37 Å². The minimum absolute atomic E-state index is 0.136. The van der Waals surface area contributed by atoms with Gasteiger partial charge in [-0.05, 0) is 49.2 Å². The van der Waals surface area contributed by atoms with E-state index in [0.717, 1.165) is 11.3 Å². The second-order valence-corrected chi connectivity index (χ2v) is 5.59. The topological polar surface area (TPSA) is 57.9 Å². The highest BCUT2D eigenvalue weighted by Crippen LogP contribution is 2.31. The molecule has 0 unspecified atom stereocenters. The van der Waals surface area contributed by atoms with Crippen LogP contribution in [-0.2, 0) is 0 Å². The van der Waals surface area contributed by atoms with E-state index in [4.69, 9.17) is 4.74 Å². The molecule has 3 aromatic rings. The lowest BCUT2D eigenvalue weighted by Crippen LogP contribution is -1.98. The lowest BCUT2D eigenvalue weighted by molar-refractivity contribution is 0.387. The number of fused-ring (bicyclic) bond motifs is 1. The molecule has 0 aliphatic carbocycles. The number of halogens is 1. The van der Waals surface area contributed by atoms with Gasteiger partial charge in [-0.2, -0.15) is 5.26 Å². The van der Waals surface area contributed by atoms with Crippen LogP contribution in [0.5, 0.6) is 5.75 Å². The second-order valence-electron chi connectivity index (χ2n) is 5.59. The van der Waals surface area contributed by atoms with Crippen molar-refractivity contribution in [3.8, 4) is 11.8 Å². The fourth-order valence-corrected chi connectivity index (χ4v) is 2.52. The molecule has 4 nitrogen and oxygen atoms in total. The molecular weight excluding hydrogens is 305 g/mol. The molecule has 24 heavy (non-hydrogen) atoms. The Labute approximate surface area is 139 Å². The highest BCUT2D eigenvalue weighted by Gasteiger charge is 2.12. The SMILES string of the molecule is COc1cc2c(Nc3ccc(C)c(C)c3)cc(C#N)nc2cc1F. The maximum absolute atomic E-state index is 13.9. The number of methoxy groups -OCH3 is 1. The van der Waals surface area contributed by atoms with E-state index >= 15 is 0 Å². The molecule has 0 aliphatic rings. The van der Waals surface area contributed by atoms with Crippen LogP contribution in [0.25, 0.3) is 10.9 Å². The van der Waals surface area contributed by atoms with Gasteiger partial charge in [0.15, 0.2) is 11.6 Å². The van der Waals surface area contributed by atoms with Crippen molar-refractivity contribution in [1.29, 1.82) is 5.26 Å². The maximum atomic E-state index is 13.9. The van der Waals surface area contributed by atoms with Crippen molar-refractivity contribution in [2.45, 2.75) is 13.8 Å². The van der Waals surface area contributed by atoms with Gasteiger partial charge in [-0.1, -0.05) is 6.07 Å². The molecule has 1 heterocycles. The summed E-state index contributed by atoms with van der Waals surface area (Å²) >= 11 is 0. The van der Waals surface area contributed by atoms with E-state index in [-0.39, 0.29) is 11.4 Å². The molecule has 0 radical (unpaired) electrons. The molecule has 0 atom stereocenters. The summed E-state index contributed by atoms with van der Waals surface area (Å²) < 4.78 is 19.0. The summed E-state index contributed by atoms with van der Waals surface area (Å²) in [6.45, 7) is 4.08. The van der Waals surface area contributed by atoms with Crippen LogP contribution in [0.2, 0.25) is 0 Å². The highest BCUT2D eigenvalue weighted by atomic mass is 19.1. The van der Waals surface area contributed by atoms with Crippen LogP contribution in [0, 0.1) is 31.0 Å². The Kier molecular flexibility index (Phi) is 4.05. The number of aromatic nitrogens is 1. The third-order valence-corrected chi connectivity index (χ3v) is 3.98. The Bertz CT molecular complexity index is 976. The average Bonchev–Trinajstić information content (AvgIpc) is 2.57. The number of hydrogen-bond donors (Lipinski definition) is 1. The first-order chi connectivity index (χ1) is 11.5. The molecule has 0 aliphatic heterocycles. The number of rotatable bonds is 3. The van der Waals surface area contributed by atoms with Crippen molar-refractivity contribution in [2.75, 3.05) is 12.4 Å². The Balaban J connectivity index is 2.17. The van der Waals surface area contributed by atoms with Crippen LogP contribution < -0.4 is 10.1 Å². The first-order valence-corrected chi connectivity index (χ1v) is 7.44. The quantitative estimate of drug-likeness (QED) is 0.765. The van der Waals surface area contributed by atoms with Crippen molar-refractivity contribution >= 4 is 22.3 Å². The Morgan fingerprint density at radius 1 is 1.12 bits per heavy atom. The van der Waals surface area contributed by atoms with Crippen molar-refractivity contribution < 1.29 is 9.13 Å². The molecule has 2 aromatic carbocycles. The molecule has 0 saturated carbocycles. The molecule has 0 spiro atoms. The number of aryl methyl sites for hydroxylation is 2. The lowest BCUT2D eigenvalue weighted by atomic mass is 10.1. The number of anilines is 2. The van der Waals surface area contributed by atoms with Crippen molar-refractivity contribution in [3.05, 3.63) is 59.0 Å². The zero-order chi connectivity index (χ0) is 17.3. The van der Waals surface area contributed by atoms with Crippen molar-refractivity contribution in [2.24, 2.45) is 0 Å². The van der Waals surface area contributed by atoms with Crippen LogP contribution in [0.4, 0.5) is 15.8 Å². The molecule has 120 valence electrons. The smallest absolute Gasteiger partial charge is 0.167 e. The molecule has 1 aromatic heterocycles. The second kappa shape index (κ2) is 6.17. The van der Waals surface area contributed by atoms with Crippen molar-refractivity contribution in [3.63, 3.8) is 0 Å². The van der Waals surface area contributed by atoms with E-state index in [1.807, 2.05) is 38.1 Å². The van der Waals surface area contributed by atoms with Gasteiger partial charge < -0.3 is 10.1 Å². The predicted molar refractivity (Wildman–Crippen MR) is 92.2 cm³/mol. The van der Waals surface area contributed by atoms with Crippen LogP contribution >= 0.6 is 0 Å². The van der Waals surface area contributed by atoms with Crippen LogP contribution in [0.3, 0.4) is 0 Å². The minimum atomic E-state index is -0.510. The minimum Gasteiger partial charge on any atom is -0.494 e. The molecule has 0 fully saturated rings. The Morgan fingerprint density at radius 2 is 1.92 bits per heavy atom. The summed E-state index contributed by atoms with van der Waals surface area (Å²) in [6, 6.07) is 12.5. The highest BCUT2D eigenvalue weighted by molar-refractivity contribution is 5.94. The van der Waals surface area contributed by atoms with Gasteiger partial charge in [0.1, 0.15) is 11.8 Å². The van der Waals surface area contributed by atoms with Gasteiger partial charge in [-0.15, -0.1) is 0 Å². The van der Waals surface area contributed by atoms with E-state index in [1.165, 1.54) is 18.7 Å². The average molecular weight is 321 g/mol. The monoisotopic (exact) mass is 321 g/mol. The van der Waals surface area contributed by atoms with E-state index < -0.39 is 5.82 Å². The number of benzene rings is 2. The van der Waals surface area contributed by atoms with E-state index in [2.05, 4.69) is 10.3 Å². The maximum Gasteiger partial charge on any atom is 0.167 e. The molecule has 0 bridgehead atoms. The third-order valence-electron chi connectivity index (χ3n) is 3.98. The molecular formula is C19H16FN3O.